The van der Waals surface area contributed by atoms with Crippen LogP contribution in [0.5, 0.6) is 0 Å². The van der Waals surface area contributed by atoms with Crippen LogP contribution in [-0.4, -0.2) is 16.5 Å². The minimum atomic E-state index is 0.481. The van der Waals surface area contributed by atoms with E-state index in [2.05, 4.69) is 22.2 Å². The molecule has 0 aliphatic rings. The Kier molecular flexibility index (Phi) is 4.04. The molecule has 0 aromatic carbocycles. The van der Waals surface area contributed by atoms with E-state index in [1.807, 2.05) is 24.7 Å². The lowest BCUT2D eigenvalue weighted by Crippen LogP contribution is -2.19. The Labute approximate surface area is 104 Å². The SMILES string of the molecule is Cc1ncc(CNCC(C)c2nccs2)s1. The highest BCUT2D eigenvalue weighted by atomic mass is 32.1. The zero-order valence-corrected chi connectivity index (χ0v) is 11.1. The lowest BCUT2D eigenvalue weighted by molar-refractivity contribution is 0.616. The van der Waals surface area contributed by atoms with Crippen LogP contribution >= 0.6 is 22.7 Å². The molecule has 5 heteroatoms. The summed E-state index contributed by atoms with van der Waals surface area (Å²) in [7, 11) is 0. The molecule has 0 aliphatic heterocycles. The highest BCUT2D eigenvalue weighted by molar-refractivity contribution is 7.11. The first-order chi connectivity index (χ1) is 7.75. The van der Waals surface area contributed by atoms with Crippen molar-refractivity contribution in [3.8, 4) is 0 Å². The van der Waals surface area contributed by atoms with Gasteiger partial charge >= 0.3 is 0 Å². The molecule has 0 aliphatic carbocycles. The molecule has 2 heterocycles. The van der Waals surface area contributed by atoms with Gasteiger partial charge < -0.3 is 5.32 Å². The number of hydrogen-bond donors (Lipinski definition) is 1. The van der Waals surface area contributed by atoms with Crippen molar-refractivity contribution in [3.63, 3.8) is 0 Å². The van der Waals surface area contributed by atoms with Crippen molar-refractivity contribution in [1.82, 2.24) is 15.3 Å². The first-order valence-corrected chi connectivity index (χ1v) is 6.96. The van der Waals surface area contributed by atoms with E-state index in [9.17, 15) is 0 Å². The molecule has 1 atom stereocenters. The van der Waals surface area contributed by atoms with Crippen LogP contribution in [-0.2, 0) is 6.54 Å². The van der Waals surface area contributed by atoms with Gasteiger partial charge in [0.1, 0.15) is 0 Å². The molecule has 0 amide bonds. The highest BCUT2D eigenvalue weighted by Crippen LogP contribution is 2.17. The second-order valence-electron chi connectivity index (χ2n) is 3.75. The lowest BCUT2D eigenvalue weighted by atomic mass is 10.2. The van der Waals surface area contributed by atoms with E-state index in [0.29, 0.717) is 5.92 Å². The summed E-state index contributed by atoms with van der Waals surface area (Å²) in [5, 5.41) is 7.80. The molecule has 1 unspecified atom stereocenters. The van der Waals surface area contributed by atoms with Crippen molar-refractivity contribution in [2.45, 2.75) is 26.3 Å². The third kappa shape index (κ3) is 3.10. The predicted octanol–water partition coefficient (Wildman–Crippen LogP) is 2.80. The zero-order chi connectivity index (χ0) is 11.4. The van der Waals surface area contributed by atoms with E-state index < -0.39 is 0 Å². The molecule has 0 saturated heterocycles. The summed E-state index contributed by atoms with van der Waals surface area (Å²) in [4.78, 5) is 9.84. The number of aryl methyl sites for hydroxylation is 1. The van der Waals surface area contributed by atoms with E-state index in [4.69, 9.17) is 0 Å². The summed E-state index contributed by atoms with van der Waals surface area (Å²) in [6.07, 6.45) is 3.81. The minimum Gasteiger partial charge on any atom is -0.311 e. The lowest BCUT2D eigenvalue weighted by Gasteiger charge is -2.08. The van der Waals surface area contributed by atoms with Gasteiger partial charge in [-0.2, -0.15) is 0 Å². The second-order valence-corrected chi connectivity index (χ2v) is 5.99. The monoisotopic (exact) mass is 253 g/mol. The predicted molar refractivity (Wildman–Crippen MR) is 69.1 cm³/mol. The summed E-state index contributed by atoms with van der Waals surface area (Å²) in [6, 6.07) is 0. The quantitative estimate of drug-likeness (QED) is 0.890. The highest BCUT2D eigenvalue weighted by Gasteiger charge is 2.07. The molecule has 86 valence electrons. The third-order valence-corrected chi connectivity index (χ3v) is 4.21. The molecule has 16 heavy (non-hydrogen) atoms. The number of rotatable bonds is 5. The Hall–Kier alpha value is -0.780. The number of thiazole rings is 2. The molecule has 1 N–H and O–H groups in total. The first-order valence-electron chi connectivity index (χ1n) is 5.27. The minimum absolute atomic E-state index is 0.481. The van der Waals surface area contributed by atoms with E-state index >= 15 is 0 Å². The molecule has 0 bridgehead atoms. The molecule has 2 aromatic heterocycles. The van der Waals surface area contributed by atoms with Gasteiger partial charge in [0.05, 0.1) is 10.0 Å². The molecule has 2 rings (SSSR count). The van der Waals surface area contributed by atoms with Crippen LogP contribution in [0.1, 0.15) is 27.7 Å². The fourth-order valence-corrected chi connectivity index (χ4v) is 2.93. The van der Waals surface area contributed by atoms with E-state index in [1.165, 1.54) is 9.88 Å². The average molecular weight is 253 g/mol. The van der Waals surface area contributed by atoms with Gasteiger partial charge in [-0.05, 0) is 6.92 Å². The summed E-state index contributed by atoms with van der Waals surface area (Å²) in [5.74, 6) is 0.481. The van der Waals surface area contributed by atoms with Crippen LogP contribution in [0.15, 0.2) is 17.8 Å². The van der Waals surface area contributed by atoms with E-state index in [0.717, 1.165) is 18.1 Å². The van der Waals surface area contributed by atoms with Crippen molar-refractivity contribution in [2.75, 3.05) is 6.54 Å². The van der Waals surface area contributed by atoms with Gasteiger partial charge in [-0.15, -0.1) is 22.7 Å². The van der Waals surface area contributed by atoms with Crippen molar-refractivity contribution >= 4 is 22.7 Å². The molecule has 2 aromatic rings. The standard InChI is InChI=1S/C11H15N3S2/c1-8(11-13-3-4-15-11)5-12-6-10-7-14-9(2)16-10/h3-4,7-8,12H,5-6H2,1-2H3. The van der Waals surface area contributed by atoms with E-state index in [1.54, 1.807) is 22.7 Å². The Morgan fingerprint density at radius 3 is 2.94 bits per heavy atom. The van der Waals surface area contributed by atoms with Crippen LogP contribution in [0.2, 0.25) is 0 Å². The van der Waals surface area contributed by atoms with Gasteiger partial charge in [0.2, 0.25) is 0 Å². The number of hydrogen-bond acceptors (Lipinski definition) is 5. The van der Waals surface area contributed by atoms with Gasteiger partial charge in [0.15, 0.2) is 0 Å². The van der Waals surface area contributed by atoms with Crippen LogP contribution < -0.4 is 5.32 Å². The fourth-order valence-electron chi connectivity index (χ4n) is 1.46. The first kappa shape index (κ1) is 11.7. The van der Waals surface area contributed by atoms with Gasteiger partial charge in [-0.3, -0.25) is 0 Å². The largest absolute Gasteiger partial charge is 0.311 e. The summed E-state index contributed by atoms with van der Waals surface area (Å²) in [5.41, 5.74) is 0. The average Bonchev–Trinajstić information content (AvgIpc) is 2.89. The molecule has 0 fully saturated rings. The summed E-state index contributed by atoms with van der Waals surface area (Å²) >= 11 is 3.47. The molecule has 0 radical (unpaired) electrons. The van der Waals surface area contributed by atoms with Crippen LogP contribution in [0, 0.1) is 6.92 Å². The molecule has 0 saturated carbocycles. The van der Waals surface area contributed by atoms with Crippen LogP contribution in [0.3, 0.4) is 0 Å². The Morgan fingerprint density at radius 2 is 2.31 bits per heavy atom. The summed E-state index contributed by atoms with van der Waals surface area (Å²) < 4.78 is 0. The Morgan fingerprint density at radius 1 is 1.44 bits per heavy atom. The fraction of sp³-hybridized carbons (Fsp3) is 0.455. The molecular weight excluding hydrogens is 238 g/mol. The zero-order valence-electron chi connectivity index (χ0n) is 9.43. The van der Waals surface area contributed by atoms with Crippen LogP contribution in [0.4, 0.5) is 0 Å². The van der Waals surface area contributed by atoms with Crippen LogP contribution in [0.25, 0.3) is 0 Å². The van der Waals surface area contributed by atoms with Gasteiger partial charge in [-0.25, -0.2) is 9.97 Å². The van der Waals surface area contributed by atoms with E-state index in [-0.39, 0.29) is 0 Å². The Balaban J connectivity index is 1.76. The van der Waals surface area contributed by atoms with Gasteiger partial charge in [0, 0.05) is 41.7 Å². The maximum atomic E-state index is 4.31. The maximum Gasteiger partial charge on any atom is 0.0965 e. The van der Waals surface area contributed by atoms with Crippen molar-refractivity contribution in [3.05, 3.63) is 32.7 Å². The van der Waals surface area contributed by atoms with Crippen molar-refractivity contribution < 1.29 is 0 Å². The number of aromatic nitrogens is 2. The molecular formula is C11H15N3S2. The van der Waals surface area contributed by atoms with Crippen molar-refractivity contribution in [2.24, 2.45) is 0 Å². The molecule has 3 nitrogen and oxygen atoms in total. The number of nitrogens with one attached hydrogen (secondary N) is 1. The third-order valence-electron chi connectivity index (χ3n) is 2.29. The van der Waals surface area contributed by atoms with Gasteiger partial charge in [-0.1, -0.05) is 6.92 Å². The maximum absolute atomic E-state index is 4.31. The summed E-state index contributed by atoms with van der Waals surface area (Å²) in [6.45, 7) is 6.10. The molecule has 0 spiro atoms. The smallest absolute Gasteiger partial charge is 0.0965 e. The normalized spacial score (nSPS) is 12.9. The van der Waals surface area contributed by atoms with Gasteiger partial charge in [0.25, 0.3) is 0 Å². The Bertz CT molecular complexity index is 422. The van der Waals surface area contributed by atoms with Crippen molar-refractivity contribution in [1.29, 1.82) is 0 Å². The second kappa shape index (κ2) is 5.52. The topological polar surface area (TPSA) is 37.8 Å². The number of nitrogens with zero attached hydrogens (tertiary/aromatic N) is 2.